The molecule has 2 aromatic rings. The maximum absolute atomic E-state index is 12.4. The summed E-state index contributed by atoms with van der Waals surface area (Å²) in [7, 11) is 0. The van der Waals surface area contributed by atoms with E-state index in [9.17, 15) is 24.6 Å². The third kappa shape index (κ3) is 4.72. The standard InChI is InChI=1S/C20H18N2O5S/c23-15-7-6-14(10-16(15)24)8-9-21-18(25)12-22-19(26)17(28-20(22)27)11-13-4-2-1-3-5-13/h1-7,10-11,23-24H,8-9,12H2,(H,21,25). The van der Waals surface area contributed by atoms with Crippen molar-refractivity contribution in [3.63, 3.8) is 0 Å². The van der Waals surface area contributed by atoms with Crippen molar-refractivity contribution in [2.24, 2.45) is 0 Å². The van der Waals surface area contributed by atoms with Crippen molar-refractivity contribution in [2.45, 2.75) is 6.42 Å². The van der Waals surface area contributed by atoms with Gasteiger partial charge in [0.05, 0.1) is 4.91 Å². The molecule has 0 aliphatic carbocycles. The fourth-order valence-corrected chi connectivity index (χ4v) is 3.45. The zero-order valence-corrected chi connectivity index (χ0v) is 15.6. The smallest absolute Gasteiger partial charge is 0.294 e. The van der Waals surface area contributed by atoms with Crippen LogP contribution in [0, 0.1) is 0 Å². The Labute approximate surface area is 165 Å². The second-order valence-electron chi connectivity index (χ2n) is 6.10. The molecule has 3 N–H and O–H groups in total. The molecule has 7 nitrogen and oxygen atoms in total. The first-order valence-electron chi connectivity index (χ1n) is 8.52. The van der Waals surface area contributed by atoms with Gasteiger partial charge in [-0.3, -0.25) is 19.3 Å². The fraction of sp³-hybridized carbons (Fsp3) is 0.150. The summed E-state index contributed by atoms with van der Waals surface area (Å²) in [4.78, 5) is 37.8. The number of hydrogen-bond acceptors (Lipinski definition) is 6. The van der Waals surface area contributed by atoms with Gasteiger partial charge in [-0.1, -0.05) is 36.4 Å². The van der Waals surface area contributed by atoms with Gasteiger partial charge in [0, 0.05) is 6.54 Å². The minimum absolute atomic E-state index is 0.212. The number of phenolic OH excluding ortho intramolecular Hbond substituents is 2. The number of carbonyl (C=O) groups excluding carboxylic acids is 3. The molecule has 144 valence electrons. The average molecular weight is 398 g/mol. The van der Waals surface area contributed by atoms with Gasteiger partial charge in [-0.2, -0.15) is 0 Å². The summed E-state index contributed by atoms with van der Waals surface area (Å²) >= 11 is 0.809. The van der Waals surface area contributed by atoms with E-state index in [4.69, 9.17) is 0 Å². The Morgan fingerprint density at radius 1 is 1.07 bits per heavy atom. The van der Waals surface area contributed by atoms with Crippen molar-refractivity contribution < 1.29 is 24.6 Å². The number of phenols is 2. The van der Waals surface area contributed by atoms with E-state index in [-0.39, 0.29) is 29.5 Å². The molecule has 0 aromatic heterocycles. The number of aromatic hydroxyl groups is 2. The molecule has 0 atom stereocenters. The van der Waals surface area contributed by atoms with Gasteiger partial charge in [0.2, 0.25) is 5.91 Å². The Balaban J connectivity index is 1.53. The first-order chi connectivity index (χ1) is 13.4. The van der Waals surface area contributed by atoms with Gasteiger partial charge in [0.15, 0.2) is 11.5 Å². The molecule has 0 spiro atoms. The van der Waals surface area contributed by atoms with Crippen LogP contribution in [0.15, 0.2) is 53.4 Å². The summed E-state index contributed by atoms with van der Waals surface area (Å²) in [5.41, 5.74) is 1.53. The first-order valence-corrected chi connectivity index (χ1v) is 9.33. The van der Waals surface area contributed by atoms with Gasteiger partial charge in [-0.05, 0) is 47.5 Å². The van der Waals surface area contributed by atoms with E-state index in [0.717, 1.165) is 27.8 Å². The van der Waals surface area contributed by atoms with Crippen LogP contribution in [0.4, 0.5) is 4.79 Å². The van der Waals surface area contributed by atoms with Gasteiger partial charge in [-0.15, -0.1) is 0 Å². The third-order valence-corrected chi connectivity index (χ3v) is 4.96. The topological polar surface area (TPSA) is 107 Å². The molecule has 1 saturated heterocycles. The normalized spacial score (nSPS) is 15.3. The van der Waals surface area contributed by atoms with Crippen LogP contribution >= 0.6 is 11.8 Å². The number of nitrogens with zero attached hydrogens (tertiary/aromatic N) is 1. The quantitative estimate of drug-likeness (QED) is 0.510. The number of amides is 3. The molecule has 3 amide bonds. The Hall–Kier alpha value is -3.26. The minimum Gasteiger partial charge on any atom is -0.504 e. The van der Waals surface area contributed by atoms with Gasteiger partial charge >= 0.3 is 0 Å². The molecule has 1 aliphatic rings. The molecule has 0 bridgehead atoms. The van der Waals surface area contributed by atoms with E-state index in [1.54, 1.807) is 12.1 Å². The SMILES string of the molecule is O=C(CN1C(=O)SC(=Cc2ccccc2)C1=O)NCCc1ccc(O)c(O)c1. The highest BCUT2D eigenvalue weighted by Crippen LogP contribution is 2.31. The zero-order chi connectivity index (χ0) is 20.1. The number of nitrogens with one attached hydrogen (secondary N) is 1. The van der Waals surface area contributed by atoms with Crippen LogP contribution in [0.5, 0.6) is 11.5 Å². The number of imide groups is 1. The van der Waals surface area contributed by atoms with Crippen LogP contribution in [0.25, 0.3) is 6.08 Å². The second kappa shape index (κ2) is 8.62. The van der Waals surface area contributed by atoms with Crippen LogP contribution in [-0.4, -0.2) is 45.3 Å². The van der Waals surface area contributed by atoms with Gasteiger partial charge in [0.1, 0.15) is 6.54 Å². The van der Waals surface area contributed by atoms with Crippen LogP contribution in [0.1, 0.15) is 11.1 Å². The van der Waals surface area contributed by atoms with Crippen LogP contribution < -0.4 is 5.32 Å². The van der Waals surface area contributed by atoms with E-state index in [1.807, 2.05) is 30.3 Å². The number of rotatable bonds is 6. The van der Waals surface area contributed by atoms with Gasteiger partial charge < -0.3 is 15.5 Å². The van der Waals surface area contributed by atoms with Crippen LogP contribution in [0.3, 0.4) is 0 Å². The molecule has 3 rings (SSSR count). The zero-order valence-electron chi connectivity index (χ0n) is 14.8. The summed E-state index contributed by atoms with van der Waals surface area (Å²) in [6.07, 6.45) is 2.05. The third-order valence-electron chi connectivity index (χ3n) is 4.05. The molecule has 0 radical (unpaired) electrons. The number of hydrogen-bond donors (Lipinski definition) is 3. The molecule has 0 saturated carbocycles. The van der Waals surface area contributed by atoms with Crippen molar-refractivity contribution >= 4 is 34.9 Å². The van der Waals surface area contributed by atoms with E-state index < -0.39 is 17.1 Å². The summed E-state index contributed by atoms with van der Waals surface area (Å²) in [5.74, 6) is -1.38. The Morgan fingerprint density at radius 2 is 1.82 bits per heavy atom. The van der Waals surface area contributed by atoms with E-state index in [1.165, 1.54) is 12.1 Å². The van der Waals surface area contributed by atoms with Crippen molar-refractivity contribution in [1.29, 1.82) is 0 Å². The summed E-state index contributed by atoms with van der Waals surface area (Å²) < 4.78 is 0. The van der Waals surface area contributed by atoms with Crippen LogP contribution in [-0.2, 0) is 16.0 Å². The molecule has 28 heavy (non-hydrogen) atoms. The molecule has 0 unspecified atom stereocenters. The molecular weight excluding hydrogens is 380 g/mol. The predicted octanol–water partition coefficient (Wildman–Crippen LogP) is 2.49. The largest absolute Gasteiger partial charge is 0.504 e. The van der Waals surface area contributed by atoms with E-state index >= 15 is 0 Å². The Morgan fingerprint density at radius 3 is 2.54 bits per heavy atom. The highest BCUT2D eigenvalue weighted by molar-refractivity contribution is 8.18. The lowest BCUT2D eigenvalue weighted by atomic mass is 10.1. The monoisotopic (exact) mass is 398 g/mol. The number of thioether (sulfide) groups is 1. The van der Waals surface area contributed by atoms with Gasteiger partial charge in [-0.25, -0.2) is 0 Å². The maximum atomic E-state index is 12.4. The van der Waals surface area contributed by atoms with Crippen molar-refractivity contribution in [2.75, 3.05) is 13.1 Å². The maximum Gasteiger partial charge on any atom is 0.294 e. The van der Waals surface area contributed by atoms with Crippen molar-refractivity contribution in [1.82, 2.24) is 10.2 Å². The highest BCUT2D eigenvalue weighted by atomic mass is 32.2. The lowest BCUT2D eigenvalue weighted by Gasteiger charge is -2.12. The lowest BCUT2D eigenvalue weighted by molar-refractivity contribution is -0.129. The Bertz CT molecular complexity index is 943. The molecule has 8 heteroatoms. The Kier molecular flexibility index (Phi) is 6.00. The molecule has 1 heterocycles. The second-order valence-corrected chi connectivity index (χ2v) is 7.09. The summed E-state index contributed by atoms with van der Waals surface area (Å²) in [6, 6.07) is 13.6. The van der Waals surface area contributed by atoms with Crippen molar-refractivity contribution in [3.05, 3.63) is 64.6 Å². The summed E-state index contributed by atoms with van der Waals surface area (Å²) in [5, 5.41) is 20.9. The summed E-state index contributed by atoms with van der Waals surface area (Å²) in [6.45, 7) is -0.0866. The molecule has 1 aliphatic heterocycles. The first kappa shape index (κ1) is 19.5. The average Bonchev–Trinajstić information content (AvgIpc) is 2.93. The van der Waals surface area contributed by atoms with Crippen molar-refractivity contribution in [3.8, 4) is 11.5 Å². The number of carbonyl (C=O) groups is 3. The highest BCUT2D eigenvalue weighted by Gasteiger charge is 2.36. The van der Waals surface area contributed by atoms with Gasteiger partial charge in [0.25, 0.3) is 11.1 Å². The number of benzene rings is 2. The fourth-order valence-electron chi connectivity index (χ4n) is 2.61. The minimum atomic E-state index is -0.488. The molecular formula is C20H18N2O5S. The van der Waals surface area contributed by atoms with Crippen LogP contribution in [0.2, 0.25) is 0 Å². The lowest BCUT2D eigenvalue weighted by Crippen LogP contribution is -2.40. The molecule has 2 aromatic carbocycles. The van der Waals surface area contributed by atoms with E-state index in [0.29, 0.717) is 6.42 Å². The molecule has 1 fully saturated rings. The van der Waals surface area contributed by atoms with E-state index in [2.05, 4.69) is 5.32 Å². The predicted molar refractivity (Wildman–Crippen MR) is 106 cm³/mol.